The van der Waals surface area contributed by atoms with E-state index in [1.165, 1.54) is 31.4 Å². The van der Waals surface area contributed by atoms with Crippen molar-refractivity contribution in [3.63, 3.8) is 0 Å². The Morgan fingerprint density at radius 1 is 1.32 bits per heavy atom. The summed E-state index contributed by atoms with van der Waals surface area (Å²) in [5, 5.41) is 3.39. The number of hydrogen-bond donors (Lipinski definition) is 0. The molecule has 0 saturated carbocycles. The molecular formula is C12H11F3N2O4S. The fourth-order valence-electron chi connectivity index (χ4n) is 1.63. The number of alkyl halides is 3. The quantitative estimate of drug-likeness (QED) is 0.839. The van der Waals surface area contributed by atoms with Crippen LogP contribution in [0.5, 0.6) is 5.75 Å². The molecule has 0 fully saturated rings. The van der Waals surface area contributed by atoms with Gasteiger partial charge in [0.2, 0.25) is 10.0 Å². The van der Waals surface area contributed by atoms with Crippen LogP contribution in [0.3, 0.4) is 0 Å². The van der Waals surface area contributed by atoms with Crippen molar-refractivity contribution in [1.29, 1.82) is 0 Å². The number of anilines is 1. The van der Waals surface area contributed by atoms with E-state index < -0.39 is 27.9 Å². The molecule has 0 amide bonds. The highest BCUT2D eigenvalue weighted by atomic mass is 32.2. The maximum atomic E-state index is 12.2. The van der Waals surface area contributed by atoms with Crippen LogP contribution < -0.4 is 9.04 Å². The number of benzene rings is 1. The summed E-state index contributed by atoms with van der Waals surface area (Å²) in [6, 6.07) is 6.05. The van der Waals surface area contributed by atoms with Gasteiger partial charge in [0.25, 0.3) is 0 Å². The minimum absolute atomic E-state index is 0.0289. The Kier molecular flexibility index (Phi) is 4.31. The van der Waals surface area contributed by atoms with Gasteiger partial charge in [0.15, 0.2) is 5.76 Å². The van der Waals surface area contributed by atoms with Crippen molar-refractivity contribution in [2.24, 2.45) is 0 Å². The lowest BCUT2D eigenvalue weighted by molar-refractivity contribution is -0.274. The Morgan fingerprint density at radius 2 is 2.05 bits per heavy atom. The molecule has 2 rings (SSSR count). The maximum absolute atomic E-state index is 12.2. The molecule has 0 atom stereocenters. The number of aromatic nitrogens is 1. The first-order valence-corrected chi connectivity index (χ1v) is 7.50. The van der Waals surface area contributed by atoms with Gasteiger partial charge < -0.3 is 9.26 Å². The summed E-state index contributed by atoms with van der Waals surface area (Å²) < 4.78 is 70.2. The van der Waals surface area contributed by atoms with Crippen LogP contribution in [0.4, 0.5) is 18.9 Å². The molecule has 0 aliphatic carbocycles. The van der Waals surface area contributed by atoms with Crippen LogP contribution in [-0.4, -0.2) is 27.0 Å². The molecule has 1 aromatic heterocycles. The Hall–Kier alpha value is -2.23. The molecule has 0 radical (unpaired) electrons. The van der Waals surface area contributed by atoms with E-state index in [-0.39, 0.29) is 11.4 Å². The second kappa shape index (κ2) is 5.87. The Labute approximate surface area is 124 Å². The van der Waals surface area contributed by atoms with Crippen molar-refractivity contribution in [1.82, 2.24) is 5.16 Å². The summed E-state index contributed by atoms with van der Waals surface area (Å²) in [4.78, 5) is 0. The molecule has 1 aromatic carbocycles. The number of ether oxygens (including phenoxy) is 1. The summed E-state index contributed by atoms with van der Waals surface area (Å²) in [7, 11) is -2.61. The molecule has 120 valence electrons. The van der Waals surface area contributed by atoms with Crippen LogP contribution in [0.1, 0.15) is 5.76 Å². The smallest absolute Gasteiger partial charge is 0.406 e. The van der Waals surface area contributed by atoms with Gasteiger partial charge in [0, 0.05) is 19.2 Å². The van der Waals surface area contributed by atoms with E-state index in [1.54, 1.807) is 0 Å². The highest BCUT2D eigenvalue weighted by Gasteiger charge is 2.31. The van der Waals surface area contributed by atoms with E-state index in [4.69, 9.17) is 4.52 Å². The summed E-state index contributed by atoms with van der Waals surface area (Å²) in [6.45, 7) is 0. The van der Waals surface area contributed by atoms with Gasteiger partial charge in [-0.3, -0.25) is 4.31 Å². The van der Waals surface area contributed by atoms with Gasteiger partial charge >= 0.3 is 6.36 Å². The predicted molar refractivity (Wildman–Crippen MR) is 70.7 cm³/mol. The van der Waals surface area contributed by atoms with Crippen LogP contribution in [0.2, 0.25) is 0 Å². The number of halogens is 3. The minimum Gasteiger partial charge on any atom is -0.406 e. The second-order valence-corrected chi connectivity index (χ2v) is 6.25. The Bertz CT molecular complexity index is 729. The first-order chi connectivity index (χ1) is 10.2. The van der Waals surface area contributed by atoms with Gasteiger partial charge in [-0.25, -0.2) is 8.42 Å². The van der Waals surface area contributed by atoms with Crippen molar-refractivity contribution in [2.45, 2.75) is 12.1 Å². The van der Waals surface area contributed by atoms with E-state index in [1.807, 2.05) is 0 Å². The molecule has 0 N–H and O–H groups in total. The van der Waals surface area contributed by atoms with E-state index in [2.05, 4.69) is 9.89 Å². The van der Waals surface area contributed by atoms with Gasteiger partial charge in [-0.1, -0.05) is 11.2 Å². The number of hydrogen-bond acceptors (Lipinski definition) is 5. The summed E-state index contributed by atoms with van der Waals surface area (Å²) in [6.07, 6.45) is -3.56. The number of rotatable bonds is 5. The predicted octanol–water partition coefficient (Wildman–Crippen LogP) is 2.54. The molecule has 6 nitrogen and oxygen atoms in total. The highest BCUT2D eigenvalue weighted by Crippen LogP contribution is 2.27. The van der Waals surface area contributed by atoms with Crippen LogP contribution in [0.25, 0.3) is 0 Å². The minimum atomic E-state index is -4.85. The number of nitrogens with zero attached hydrogens (tertiary/aromatic N) is 2. The lowest BCUT2D eigenvalue weighted by Gasteiger charge is -2.19. The van der Waals surface area contributed by atoms with E-state index in [0.29, 0.717) is 0 Å². The van der Waals surface area contributed by atoms with Crippen molar-refractivity contribution >= 4 is 15.7 Å². The molecule has 1 heterocycles. The standard InChI is InChI=1S/C12H11F3N2O4S/c1-17(22(18,19)8-11-5-6-16-21-11)9-3-2-4-10(7-9)20-12(13,14)15/h2-7H,8H2,1H3. The zero-order valence-electron chi connectivity index (χ0n) is 11.2. The van der Waals surface area contributed by atoms with Crippen LogP contribution >= 0.6 is 0 Å². The van der Waals surface area contributed by atoms with Gasteiger partial charge in [0.1, 0.15) is 11.5 Å². The average Bonchev–Trinajstić information content (AvgIpc) is 2.88. The normalized spacial score (nSPS) is 12.2. The van der Waals surface area contributed by atoms with E-state index >= 15 is 0 Å². The molecule has 0 unspecified atom stereocenters. The molecule has 0 aliphatic heterocycles. The highest BCUT2D eigenvalue weighted by molar-refractivity contribution is 7.92. The lowest BCUT2D eigenvalue weighted by atomic mass is 10.3. The fraction of sp³-hybridized carbons (Fsp3) is 0.250. The maximum Gasteiger partial charge on any atom is 0.573 e. The van der Waals surface area contributed by atoms with E-state index in [0.717, 1.165) is 16.4 Å². The van der Waals surface area contributed by atoms with Gasteiger partial charge in [-0.15, -0.1) is 13.2 Å². The zero-order valence-corrected chi connectivity index (χ0v) is 12.1. The zero-order chi connectivity index (χ0) is 16.4. The number of sulfonamides is 1. The molecule has 10 heteroatoms. The first kappa shape index (κ1) is 16.1. The topological polar surface area (TPSA) is 72.6 Å². The van der Waals surface area contributed by atoms with E-state index in [9.17, 15) is 21.6 Å². The third-order valence-electron chi connectivity index (χ3n) is 2.65. The summed E-state index contributed by atoms with van der Waals surface area (Å²) >= 11 is 0. The molecule has 0 bridgehead atoms. The Morgan fingerprint density at radius 3 is 2.64 bits per heavy atom. The van der Waals surface area contributed by atoms with Crippen molar-refractivity contribution in [2.75, 3.05) is 11.4 Å². The van der Waals surface area contributed by atoms with Crippen molar-refractivity contribution in [3.8, 4) is 5.75 Å². The van der Waals surface area contributed by atoms with Gasteiger partial charge in [-0.2, -0.15) is 0 Å². The Balaban J connectivity index is 2.21. The first-order valence-electron chi connectivity index (χ1n) is 5.89. The molecule has 22 heavy (non-hydrogen) atoms. The van der Waals surface area contributed by atoms with Crippen molar-refractivity contribution < 1.29 is 30.8 Å². The summed E-state index contributed by atoms with van der Waals surface area (Å²) in [5.74, 6) is -0.852. The second-order valence-electron chi connectivity index (χ2n) is 4.25. The van der Waals surface area contributed by atoms with Crippen molar-refractivity contribution in [3.05, 3.63) is 42.3 Å². The van der Waals surface area contributed by atoms with Gasteiger partial charge in [-0.05, 0) is 12.1 Å². The van der Waals surface area contributed by atoms with Crippen LogP contribution in [0.15, 0.2) is 41.1 Å². The SMILES string of the molecule is CN(c1cccc(OC(F)(F)F)c1)S(=O)(=O)Cc1ccno1. The monoisotopic (exact) mass is 336 g/mol. The third kappa shape index (κ3) is 4.13. The third-order valence-corrected chi connectivity index (χ3v) is 4.34. The van der Waals surface area contributed by atoms with Crippen LogP contribution in [-0.2, 0) is 15.8 Å². The van der Waals surface area contributed by atoms with Gasteiger partial charge in [0.05, 0.1) is 11.9 Å². The summed E-state index contributed by atoms with van der Waals surface area (Å²) in [5.41, 5.74) is 0.0289. The molecule has 2 aromatic rings. The average molecular weight is 336 g/mol. The van der Waals surface area contributed by atoms with Crippen LogP contribution in [0, 0.1) is 0 Å². The molecule has 0 saturated heterocycles. The molecule has 0 aliphatic rings. The largest absolute Gasteiger partial charge is 0.573 e. The lowest BCUT2D eigenvalue weighted by Crippen LogP contribution is -2.28. The fourth-order valence-corrected chi connectivity index (χ4v) is 2.77. The molecular weight excluding hydrogens is 325 g/mol. The molecule has 0 spiro atoms.